The van der Waals surface area contributed by atoms with Gasteiger partial charge in [0.25, 0.3) is 0 Å². The molecule has 0 spiro atoms. The summed E-state index contributed by atoms with van der Waals surface area (Å²) < 4.78 is 35.4. The Morgan fingerprint density at radius 1 is 1.33 bits per heavy atom. The van der Waals surface area contributed by atoms with Crippen molar-refractivity contribution in [2.45, 2.75) is 6.18 Å². The first-order valence-electron chi connectivity index (χ1n) is 2.73. The van der Waals surface area contributed by atoms with E-state index in [4.69, 9.17) is 0 Å². The van der Waals surface area contributed by atoms with Crippen molar-refractivity contribution in [2.75, 3.05) is 5.43 Å². The first-order chi connectivity index (χ1) is 5.50. The molecule has 1 aromatic rings. The lowest BCUT2D eigenvalue weighted by Gasteiger charge is -2.06. The van der Waals surface area contributed by atoms with Crippen LogP contribution in [0.2, 0.25) is 0 Å². The first-order valence-corrected chi connectivity index (χ1v) is 2.73. The Balaban J connectivity index is 2.60. The van der Waals surface area contributed by atoms with E-state index in [0.717, 1.165) is 12.7 Å². The van der Waals surface area contributed by atoms with E-state index in [1.54, 1.807) is 0 Å². The summed E-state index contributed by atoms with van der Waals surface area (Å²) in [5.41, 5.74) is 1.49. The number of nitrogens with one attached hydrogen (secondary N) is 1. The van der Waals surface area contributed by atoms with Gasteiger partial charge in [0.1, 0.15) is 12.7 Å². The predicted molar refractivity (Wildman–Crippen MR) is 30.4 cm³/mol. The number of carbonyl (C=O) groups excluding carboxylic acids is 1. The second-order valence-corrected chi connectivity index (χ2v) is 1.81. The third-order valence-electron chi connectivity index (χ3n) is 0.907. The highest BCUT2D eigenvalue weighted by molar-refractivity contribution is 5.88. The molecule has 0 aromatic carbocycles. The van der Waals surface area contributed by atoms with Crippen LogP contribution in [0, 0.1) is 0 Å². The van der Waals surface area contributed by atoms with Crippen molar-refractivity contribution < 1.29 is 18.0 Å². The Labute approximate surface area is 64.2 Å². The molecule has 1 amide bonds. The fourth-order valence-corrected chi connectivity index (χ4v) is 0.439. The number of amides is 1. The van der Waals surface area contributed by atoms with Crippen LogP contribution in [0.25, 0.3) is 0 Å². The van der Waals surface area contributed by atoms with E-state index in [-0.39, 0.29) is 0 Å². The molecule has 0 atom stereocenters. The molecule has 0 aliphatic carbocycles. The smallest absolute Gasteiger partial charge is 0.263 e. The van der Waals surface area contributed by atoms with E-state index in [1.165, 1.54) is 5.43 Å². The molecule has 0 bridgehead atoms. The number of rotatable bonds is 1. The average molecular weight is 180 g/mol. The maximum Gasteiger partial charge on any atom is 0.472 e. The lowest BCUT2D eigenvalue weighted by molar-refractivity contribution is -0.168. The van der Waals surface area contributed by atoms with Crippen LogP contribution in [0.15, 0.2) is 12.7 Å². The highest BCUT2D eigenvalue weighted by atomic mass is 19.4. The van der Waals surface area contributed by atoms with E-state index in [1.807, 2.05) is 0 Å². The minimum absolute atomic E-state index is 0.704. The third kappa shape index (κ3) is 1.94. The van der Waals surface area contributed by atoms with Crippen molar-refractivity contribution in [3.8, 4) is 0 Å². The Bertz CT molecular complexity index is 266. The zero-order valence-electron chi connectivity index (χ0n) is 5.54. The predicted octanol–water partition coefficient (Wildman–Crippen LogP) is -0.0895. The van der Waals surface area contributed by atoms with Gasteiger partial charge in [0.15, 0.2) is 0 Å². The topological polar surface area (TPSA) is 59.8 Å². The molecular weight excluding hydrogens is 177 g/mol. The third-order valence-corrected chi connectivity index (χ3v) is 0.907. The molecule has 1 rings (SSSR count). The summed E-state index contributed by atoms with van der Waals surface area (Å²) >= 11 is 0. The summed E-state index contributed by atoms with van der Waals surface area (Å²) in [6.45, 7) is 0. The number of hydrogen-bond donors (Lipinski definition) is 1. The quantitative estimate of drug-likeness (QED) is 0.657. The summed E-state index contributed by atoms with van der Waals surface area (Å²) in [7, 11) is 0. The van der Waals surface area contributed by atoms with Gasteiger partial charge in [-0.25, -0.2) is 4.68 Å². The van der Waals surface area contributed by atoms with Gasteiger partial charge in [0.2, 0.25) is 0 Å². The molecule has 0 saturated carbocycles. The van der Waals surface area contributed by atoms with Crippen LogP contribution in [-0.2, 0) is 4.79 Å². The van der Waals surface area contributed by atoms with Gasteiger partial charge in [-0.05, 0) is 0 Å². The van der Waals surface area contributed by atoms with Gasteiger partial charge in [-0.15, -0.1) is 10.2 Å². The molecule has 1 N–H and O–H groups in total. The first kappa shape index (κ1) is 8.50. The standard InChI is InChI=1S/C4H3F3N4O/c5-4(6,7)3(12)10-11-1-8-9-2-11/h1-2H,(H,10,12). The van der Waals surface area contributed by atoms with E-state index in [0.29, 0.717) is 4.68 Å². The van der Waals surface area contributed by atoms with Gasteiger partial charge < -0.3 is 0 Å². The lowest BCUT2D eigenvalue weighted by Crippen LogP contribution is -2.34. The van der Waals surface area contributed by atoms with E-state index >= 15 is 0 Å². The van der Waals surface area contributed by atoms with E-state index < -0.39 is 12.1 Å². The van der Waals surface area contributed by atoms with Gasteiger partial charge in [-0.2, -0.15) is 13.2 Å². The molecule has 0 unspecified atom stereocenters. The zero-order chi connectivity index (χ0) is 9.19. The van der Waals surface area contributed by atoms with E-state index in [9.17, 15) is 18.0 Å². The molecule has 0 fully saturated rings. The average Bonchev–Trinajstić information content (AvgIpc) is 2.37. The second kappa shape index (κ2) is 2.80. The number of carbonyl (C=O) groups is 1. The number of aromatic nitrogens is 3. The fraction of sp³-hybridized carbons (Fsp3) is 0.250. The van der Waals surface area contributed by atoms with Crippen molar-refractivity contribution in [2.24, 2.45) is 0 Å². The van der Waals surface area contributed by atoms with Gasteiger partial charge in [0, 0.05) is 0 Å². The summed E-state index contributed by atoms with van der Waals surface area (Å²) in [4.78, 5) is 10.2. The summed E-state index contributed by atoms with van der Waals surface area (Å²) in [6.07, 6.45) is -3.03. The fourth-order valence-electron chi connectivity index (χ4n) is 0.439. The van der Waals surface area contributed by atoms with Crippen molar-refractivity contribution >= 4 is 5.91 Å². The maximum absolute atomic E-state index is 11.6. The molecule has 12 heavy (non-hydrogen) atoms. The molecule has 0 aliphatic heterocycles. The molecule has 1 aromatic heterocycles. The lowest BCUT2D eigenvalue weighted by atomic mass is 10.6. The maximum atomic E-state index is 11.6. The van der Waals surface area contributed by atoms with Crippen molar-refractivity contribution in [1.82, 2.24) is 14.9 Å². The van der Waals surface area contributed by atoms with Gasteiger partial charge >= 0.3 is 12.1 Å². The monoisotopic (exact) mass is 180 g/mol. The largest absolute Gasteiger partial charge is 0.472 e. The molecule has 66 valence electrons. The van der Waals surface area contributed by atoms with Crippen molar-refractivity contribution in [3.63, 3.8) is 0 Å². The Kier molecular flexibility index (Phi) is 1.98. The van der Waals surface area contributed by atoms with Crippen LogP contribution >= 0.6 is 0 Å². The number of nitrogens with zero attached hydrogens (tertiary/aromatic N) is 3. The minimum atomic E-state index is -4.90. The Morgan fingerprint density at radius 3 is 2.25 bits per heavy atom. The van der Waals surface area contributed by atoms with Gasteiger partial charge in [-0.3, -0.25) is 10.2 Å². The van der Waals surface area contributed by atoms with Crippen LogP contribution in [0.5, 0.6) is 0 Å². The second-order valence-electron chi connectivity index (χ2n) is 1.81. The SMILES string of the molecule is O=C(Nn1cnnc1)C(F)(F)F. The van der Waals surface area contributed by atoms with E-state index in [2.05, 4.69) is 10.2 Å². The molecule has 0 saturated heterocycles. The molecule has 8 heteroatoms. The zero-order valence-corrected chi connectivity index (χ0v) is 5.54. The highest BCUT2D eigenvalue weighted by Crippen LogP contribution is 2.14. The van der Waals surface area contributed by atoms with Crippen LogP contribution < -0.4 is 5.43 Å². The number of hydrogen-bond acceptors (Lipinski definition) is 3. The van der Waals surface area contributed by atoms with Crippen LogP contribution in [-0.4, -0.2) is 27.0 Å². The Hall–Kier alpha value is -1.60. The summed E-state index contributed by atoms with van der Waals surface area (Å²) in [5.74, 6) is -2.07. The number of alkyl halides is 3. The summed E-state index contributed by atoms with van der Waals surface area (Å²) in [5, 5.41) is 6.38. The minimum Gasteiger partial charge on any atom is -0.263 e. The van der Waals surface area contributed by atoms with Crippen LogP contribution in [0.3, 0.4) is 0 Å². The molecule has 0 aliphatic rings. The van der Waals surface area contributed by atoms with Crippen LogP contribution in [0.1, 0.15) is 0 Å². The van der Waals surface area contributed by atoms with Crippen LogP contribution in [0.4, 0.5) is 13.2 Å². The van der Waals surface area contributed by atoms with Crippen molar-refractivity contribution in [3.05, 3.63) is 12.7 Å². The molecule has 1 heterocycles. The summed E-state index contributed by atoms with van der Waals surface area (Å²) in [6, 6.07) is 0. The van der Waals surface area contributed by atoms with Gasteiger partial charge in [0.05, 0.1) is 0 Å². The van der Waals surface area contributed by atoms with Gasteiger partial charge in [-0.1, -0.05) is 0 Å². The van der Waals surface area contributed by atoms with Crippen molar-refractivity contribution in [1.29, 1.82) is 0 Å². The number of halogens is 3. The molecule has 5 nitrogen and oxygen atoms in total. The normalized spacial score (nSPS) is 11.2. The molecule has 0 radical (unpaired) electrons. The highest BCUT2D eigenvalue weighted by Gasteiger charge is 2.38. The molecular formula is C4H3F3N4O. The Morgan fingerprint density at radius 2 is 1.83 bits per heavy atom.